The van der Waals surface area contributed by atoms with Crippen molar-refractivity contribution < 1.29 is 4.39 Å². The van der Waals surface area contributed by atoms with Crippen LogP contribution in [0, 0.1) is 5.82 Å². The smallest absolute Gasteiger partial charge is 0.123 e. The highest BCUT2D eigenvalue weighted by Crippen LogP contribution is 2.30. The number of halogens is 2. The molecule has 4 nitrogen and oxygen atoms in total. The fourth-order valence-electron chi connectivity index (χ4n) is 3.59. The van der Waals surface area contributed by atoms with Crippen molar-refractivity contribution in [3.05, 3.63) is 125 Å². The number of aromatic nitrogens is 3. The molecule has 160 valence electrons. The van der Waals surface area contributed by atoms with Gasteiger partial charge in [-0.05, 0) is 66.2 Å². The van der Waals surface area contributed by atoms with Crippen LogP contribution in [0.2, 0.25) is 0 Å². The van der Waals surface area contributed by atoms with Crippen LogP contribution in [0.3, 0.4) is 0 Å². The maximum Gasteiger partial charge on any atom is 0.123 e. The Balaban J connectivity index is 1.82. The van der Waals surface area contributed by atoms with Gasteiger partial charge in [0.2, 0.25) is 0 Å². The van der Waals surface area contributed by atoms with Crippen molar-refractivity contribution in [2.45, 2.75) is 0 Å². The van der Waals surface area contributed by atoms with Crippen LogP contribution in [0.1, 0.15) is 11.1 Å². The third-order valence-corrected chi connectivity index (χ3v) is 5.72. The molecule has 0 fully saturated rings. The van der Waals surface area contributed by atoms with Crippen LogP contribution in [0.4, 0.5) is 10.1 Å². The zero-order valence-electron chi connectivity index (χ0n) is 17.4. The molecule has 1 aromatic heterocycles. The number of hydrogen-bond acceptors (Lipinski definition) is 3. The van der Waals surface area contributed by atoms with E-state index in [2.05, 4.69) is 26.2 Å². The van der Waals surface area contributed by atoms with Crippen molar-refractivity contribution >= 4 is 50.1 Å². The minimum absolute atomic E-state index is 0.301. The van der Waals surface area contributed by atoms with Crippen LogP contribution in [0.5, 0.6) is 0 Å². The van der Waals surface area contributed by atoms with Crippen LogP contribution in [-0.4, -0.2) is 21.2 Å². The summed E-state index contributed by atoms with van der Waals surface area (Å²) in [5.74, 6) is -0.301. The van der Waals surface area contributed by atoms with Gasteiger partial charge in [-0.25, -0.2) is 9.07 Å². The summed E-state index contributed by atoms with van der Waals surface area (Å²) >= 11 is 3.51. The van der Waals surface area contributed by atoms with Gasteiger partial charge in [-0.15, -0.1) is 5.10 Å². The van der Waals surface area contributed by atoms with Gasteiger partial charge in [0.1, 0.15) is 11.3 Å². The van der Waals surface area contributed by atoms with Crippen LogP contribution < -0.4 is 0 Å². The minimum atomic E-state index is -0.301. The van der Waals surface area contributed by atoms with Crippen molar-refractivity contribution in [1.82, 2.24) is 15.0 Å². The average Bonchev–Trinajstić information content (AvgIpc) is 3.28. The van der Waals surface area contributed by atoms with Gasteiger partial charge < -0.3 is 0 Å². The molecule has 0 saturated heterocycles. The van der Waals surface area contributed by atoms with Crippen LogP contribution in [0.15, 0.2) is 113 Å². The predicted molar refractivity (Wildman–Crippen MR) is 135 cm³/mol. The van der Waals surface area contributed by atoms with Crippen LogP contribution >= 0.6 is 15.9 Å². The van der Waals surface area contributed by atoms with E-state index in [4.69, 9.17) is 4.99 Å². The third kappa shape index (κ3) is 4.52. The summed E-state index contributed by atoms with van der Waals surface area (Å²) in [6.07, 6.45) is 1.83. The number of allylic oxidation sites excluding steroid dienone is 1. The SMILES string of the molecule is Fc1ccc(/C(=C(\C=Nc2ccccc2)c2ccc(Br)cc2)n2nnc3ccccc32)cc1. The normalized spacial score (nSPS) is 12.3. The predicted octanol–water partition coefficient (Wildman–Crippen LogP) is 7.15. The van der Waals surface area contributed by atoms with Crippen molar-refractivity contribution in [2.75, 3.05) is 0 Å². The van der Waals surface area contributed by atoms with Crippen molar-refractivity contribution in [3.8, 4) is 0 Å². The molecule has 0 amide bonds. The van der Waals surface area contributed by atoms with Gasteiger partial charge in [0, 0.05) is 21.8 Å². The Morgan fingerprint density at radius 3 is 2.21 bits per heavy atom. The van der Waals surface area contributed by atoms with E-state index in [1.807, 2.05) is 85.1 Å². The van der Waals surface area contributed by atoms with E-state index in [0.29, 0.717) is 0 Å². The zero-order valence-corrected chi connectivity index (χ0v) is 19.0. The molecular formula is C27H18BrFN4. The monoisotopic (exact) mass is 496 g/mol. The molecule has 5 rings (SSSR count). The second kappa shape index (κ2) is 9.30. The molecule has 0 saturated carbocycles. The fourth-order valence-corrected chi connectivity index (χ4v) is 3.85. The molecule has 6 heteroatoms. The number of para-hydroxylation sites is 2. The van der Waals surface area contributed by atoms with Gasteiger partial charge in [0.15, 0.2) is 0 Å². The molecular weight excluding hydrogens is 479 g/mol. The van der Waals surface area contributed by atoms with E-state index in [1.54, 1.807) is 16.8 Å². The second-order valence-electron chi connectivity index (χ2n) is 7.36. The highest BCUT2D eigenvalue weighted by Gasteiger charge is 2.17. The number of aliphatic imine (C=N–C) groups is 1. The van der Waals surface area contributed by atoms with Gasteiger partial charge in [0.05, 0.1) is 16.9 Å². The van der Waals surface area contributed by atoms with E-state index in [9.17, 15) is 4.39 Å². The van der Waals surface area contributed by atoms with E-state index < -0.39 is 0 Å². The molecule has 0 unspecified atom stereocenters. The highest BCUT2D eigenvalue weighted by molar-refractivity contribution is 9.10. The van der Waals surface area contributed by atoms with Gasteiger partial charge in [0.25, 0.3) is 0 Å². The molecule has 0 aliphatic heterocycles. The summed E-state index contributed by atoms with van der Waals surface area (Å²) in [6, 6.07) is 31.9. The maximum atomic E-state index is 13.8. The summed E-state index contributed by atoms with van der Waals surface area (Å²) in [5.41, 5.74) is 5.77. The standard InChI is InChI=1S/C27H18BrFN4/c28-21-14-10-19(11-15-21)24(18-30-23-6-2-1-3-7-23)27(20-12-16-22(29)17-13-20)33-26-9-5-4-8-25(26)31-32-33/h1-18H/b27-24-,30-18?. The number of hydrogen-bond donors (Lipinski definition) is 0. The molecule has 0 N–H and O–H groups in total. The summed E-state index contributed by atoms with van der Waals surface area (Å²) in [5, 5.41) is 8.80. The number of rotatable bonds is 5. The highest BCUT2D eigenvalue weighted by atomic mass is 79.9. The molecule has 0 spiro atoms. The Morgan fingerprint density at radius 1 is 0.788 bits per heavy atom. The van der Waals surface area contributed by atoms with E-state index in [-0.39, 0.29) is 5.82 Å². The lowest BCUT2D eigenvalue weighted by Gasteiger charge is -2.15. The summed E-state index contributed by atoms with van der Waals surface area (Å²) in [6.45, 7) is 0. The van der Waals surface area contributed by atoms with Crippen molar-refractivity contribution in [2.24, 2.45) is 4.99 Å². The fraction of sp³-hybridized carbons (Fsp3) is 0. The Hall–Kier alpha value is -3.90. The maximum absolute atomic E-state index is 13.8. The van der Waals surface area contributed by atoms with E-state index in [1.165, 1.54) is 12.1 Å². The van der Waals surface area contributed by atoms with Gasteiger partial charge in [-0.3, -0.25) is 4.99 Å². The van der Waals surface area contributed by atoms with Crippen molar-refractivity contribution in [1.29, 1.82) is 0 Å². The average molecular weight is 497 g/mol. The lowest BCUT2D eigenvalue weighted by Crippen LogP contribution is -2.06. The van der Waals surface area contributed by atoms with Gasteiger partial charge >= 0.3 is 0 Å². The Kier molecular flexibility index (Phi) is 5.91. The molecule has 4 aromatic carbocycles. The third-order valence-electron chi connectivity index (χ3n) is 5.19. The first kappa shape index (κ1) is 21.0. The lowest BCUT2D eigenvalue weighted by atomic mass is 10.00. The molecule has 0 bridgehead atoms. The summed E-state index contributed by atoms with van der Waals surface area (Å²) < 4.78 is 16.6. The Labute approximate surface area is 198 Å². The first-order valence-electron chi connectivity index (χ1n) is 10.4. The van der Waals surface area contributed by atoms with Crippen LogP contribution in [-0.2, 0) is 0 Å². The topological polar surface area (TPSA) is 43.1 Å². The second-order valence-corrected chi connectivity index (χ2v) is 8.28. The Morgan fingerprint density at radius 2 is 1.45 bits per heavy atom. The molecule has 5 aromatic rings. The summed E-state index contributed by atoms with van der Waals surface area (Å²) in [4.78, 5) is 4.73. The number of nitrogens with zero attached hydrogens (tertiary/aromatic N) is 4. The number of fused-ring (bicyclic) bond motifs is 1. The van der Waals surface area contributed by atoms with Gasteiger partial charge in [-0.2, -0.15) is 0 Å². The van der Waals surface area contributed by atoms with E-state index >= 15 is 0 Å². The molecule has 33 heavy (non-hydrogen) atoms. The first-order chi connectivity index (χ1) is 16.2. The molecule has 0 atom stereocenters. The Bertz CT molecular complexity index is 1450. The van der Waals surface area contributed by atoms with Crippen LogP contribution in [0.25, 0.3) is 22.3 Å². The molecule has 1 heterocycles. The number of benzene rings is 4. The minimum Gasteiger partial charge on any atom is -0.256 e. The quantitative estimate of drug-likeness (QED) is 0.191. The molecule has 0 aliphatic rings. The first-order valence-corrected chi connectivity index (χ1v) is 11.1. The van der Waals surface area contributed by atoms with E-state index in [0.717, 1.165) is 43.6 Å². The summed E-state index contributed by atoms with van der Waals surface area (Å²) in [7, 11) is 0. The molecule has 0 aliphatic carbocycles. The van der Waals surface area contributed by atoms with Gasteiger partial charge in [-0.1, -0.05) is 63.6 Å². The largest absolute Gasteiger partial charge is 0.256 e. The zero-order chi connectivity index (χ0) is 22.6. The lowest BCUT2D eigenvalue weighted by molar-refractivity contribution is 0.627. The van der Waals surface area contributed by atoms with Crippen molar-refractivity contribution in [3.63, 3.8) is 0 Å². The molecule has 0 radical (unpaired) electrons.